The Balaban J connectivity index is 0.00000162. The van der Waals surface area contributed by atoms with Gasteiger partial charge in [-0.3, -0.25) is 4.79 Å². The highest BCUT2D eigenvalue weighted by atomic mass is 35.5. The van der Waals surface area contributed by atoms with E-state index in [-0.39, 0.29) is 18.4 Å². The summed E-state index contributed by atoms with van der Waals surface area (Å²) in [6.45, 7) is 7.55. The summed E-state index contributed by atoms with van der Waals surface area (Å²) in [5, 5.41) is 3.36. The van der Waals surface area contributed by atoms with Gasteiger partial charge in [-0.15, -0.1) is 12.4 Å². The minimum absolute atomic E-state index is 0. The number of nitrogens with one attached hydrogen (secondary N) is 1. The van der Waals surface area contributed by atoms with Crippen LogP contribution in [0.15, 0.2) is 0 Å². The van der Waals surface area contributed by atoms with Gasteiger partial charge in [-0.2, -0.15) is 0 Å². The van der Waals surface area contributed by atoms with Gasteiger partial charge in [-0.1, -0.05) is 26.7 Å². The Bertz CT molecular complexity index is 269. The maximum absolute atomic E-state index is 12.3. The normalized spacial score (nSPS) is 27.4. The lowest BCUT2D eigenvalue weighted by Gasteiger charge is -2.40. The summed E-state index contributed by atoms with van der Waals surface area (Å²) < 4.78 is 0. The minimum Gasteiger partial charge on any atom is -0.341 e. The number of amides is 1. The molecule has 0 aromatic rings. The van der Waals surface area contributed by atoms with Crippen LogP contribution in [-0.4, -0.2) is 36.5 Å². The van der Waals surface area contributed by atoms with Gasteiger partial charge in [0.25, 0.3) is 0 Å². The van der Waals surface area contributed by atoms with Gasteiger partial charge in [0.2, 0.25) is 5.91 Å². The predicted molar refractivity (Wildman–Crippen MR) is 77.1 cm³/mol. The number of rotatable bonds is 2. The smallest absolute Gasteiger partial charge is 0.239 e. The van der Waals surface area contributed by atoms with Crippen LogP contribution >= 0.6 is 12.4 Å². The van der Waals surface area contributed by atoms with Crippen LogP contribution in [0.2, 0.25) is 0 Å². The van der Waals surface area contributed by atoms with Crippen LogP contribution in [0, 0.1) is 5.41 Å². The molecule has 4 heteroatoms. The molecule has 3 nitrogen and oxygen atoms in total. The Morgan fingerprint density at radius 2 is 2.00 bits per heavy atom. The Morgan fingerprint density at radius 3 is 2.50 bits per heavy atom. The molecule has 0 spiro atoms. The second-order valence-electron chi connectivity index (χ2n) is 5.99. The van der Waals surface area contributed by atoms with Crippen LogP contribution in [0.3, 0.4) is 0 Å². The molecule has 1 atom stereocenters. The number of halogens is 1. The number of nitrogens with zero attached hydrogens (tertiary/aromatic N) is 1. The predicted octanol–water partition coefficient (Wildman–Crippen LogP) is 2.59. The highest BCUT2D eigenvalue weighted by Crippen LogP contribution is 2.34. The van der Waals surface area contributed by atoms with Crippen LogP contribution < -0.4 is 5.32 Å². The average Bonchev–Trinajstić information content (AvgIpc) is 2.40. The van der Waals surface area contributed by atoms with Crippen molar-refractivity contribution in [2.45, 2.75) is 58.4 Å². The first kappa shape index (κ1) is 15.8. The number of hydrogen-bond donors (Lipinski definition) is 1. The van der Waals surface area contributed by atoms with Crippen LogP contribution in [0.1, 0.15) is 52.4 Å². The van der Waals surface area contributed by atoms with Crippen molar-refractivity contribution in [3.8, 4) is 0 Å². The van der Waals surface area contributed by atoms with Crippen LogP contribution in [0.4, 0.5) is 0 Å². The van der Waals surface area contributed by atoms with Crippen molar-refractivity contribution >= 4 is 18.3 Å². The third-order valence-corrected chi connectivity index (χ3v) is 4.74. The molecule has 0 aliphatic carbocycles. The standard InChI is InChI=1S/C14H26N2O.ClH/c1-3-14(2)7-10-16(11-8-14)13(17)12-6-4-5-9-15-12;/h12,15H,3-11H2,1-2H3;1H/t12-;/m1./s1. The van der Waals surface area contributed by atoms with Gasteiger partial charge in [0.05, 0.1) is 6.04 Å². The zero-order chi connectivity index (χ0) is 12.3. The van der Waals surface area contributed by atoms with E-state index in [1.54, 1.807) is 0 Å². The average molecular weight is 275 g/mol. The largest absolute Gasteiger partial charge is 0.341 e. The molecule has 1 amide bonds. The van der Waals surface area contributed by atoms with Crippen molar-refractivity contribution in [2.75, 3.05) is 19.6 Å². The summed E-state index contributed by atoms with van der Waals surface area (Å²) in [5.41, 5.74) is 0.469. The lowest BCUT2D eigenvalue weighted by atomic mass is 9.78. The highest BCUT2D eigenvalue weighted by Gasteiger charge is 2.33. The van der Waals surface area contributed by atoms with Crippen molar-refractivity contribution < 1.29 is 4.79 Å². The number of hydrogen-bond acceptors (Lipinski definition) is 2. The molecular weight excluding hydrogens is 248 g/mol. The molecule has 0 saturated carbocycles. The maximum Gasteiger partial charge on any atom is 0.239 e. The second kappa shape index (κ2) is 6.76. The van der Waals surface area contributed by atoms with Crippen molar-refractivity contribution in [1.82, 2.24) is 10.2 Å². The van der Waals surface area contributed by atoms with E-state index in [0.717, 1.165) is 26.1 Å². The van der Waals surface area contributed by atoms with E-state index < -0.39 is 0 Å². The van der Waals surface area contributed by atoms with Gasteiger partial charge in [-0.05, 0) is 37.6 Å². The summed E-state index contributed by atoms with van der Waals surface area (Å²) in [5.74, 6) is 0.350. The lowest BCUT2D eigenvalue weighted by Crippen LogP contribution is -2.51. The zero-order valence-electron chi connectivity index (χ0n) is 11.7. The van der Waals surface area contributed by atoms with E-state index in [4.69, 9.17) is 0 Å². The Hall–Kier alpha value is -0.280. The van der Waals surface area contributed by atoms with Crippen molar-refractivity contribution in [2.24, 2.45) is 5.41 Å². The first-order valence-corrected chi connectivity index (χ1v) is 7.17. The molecule has 0 radical (unpaired) electrons. The monoisotopic (exact) mass is 274 g/mol. The SMILES string of the molecule is CCC1(C)CCN(C(=O)[C@H]2CCCCN2)CC1.Cl. The summed E-state index contributed by atoms with van der Waals surface area (Å²) in [7, 11) is 0. The molecule has 0 aromatic carbocycles. The van der Waals surface area contributed by atoms with Gasteiger partial charge in [0.1, 0.15) is 0 Å². The topological polar surface area (TPSA) is 32.3 Å². The number of carbonyl (C=O) groups is 1. The molecule has 2 fully saturated rings. The molecule has 1 N–H and O–H groups in total. The van der Waals surface area contributed by atoms with Gasteiger partial charge in [-0.25, -0.2) is 0 Å². The van der Waals surface area contributed by atoms with Gasteiger partial charge >= 0.3 is 0 Å². The summed E-state index contributed by atoms with van der Waals surface area (Å²) in [4.78, 5) is 14.4. The third-order valence-electron chi connectivity index (χ3n) is 4.74. The molecule has 18 heavy (non-hydrogen) atoms. The first-order chi connectivity index (χ1) is 8.14. The molecule has 0 bridgehead atoms. The lowest BCUT2D eigenvalue weighted by molar-refractivity contribution is -0.136. The molecule has 2 aliphatic heterocycles. The second-order valence-corrected chi connectivity index (χ2v) is 5.99. The molecule has 2 heterocycles. The Morgan fingerprint density at radius 1 is 1.33 bits per heavy atom. The van der Waals surface area contributed by atoms with Gasteiger partial charge < -0.3 is 10.2 Å². The van der Waals surface area contributed by atoms with Crippen LogP contribution in [0.5, 0.6) is 0 Å². The fourth-order valence-corrected chi connectivity index (χ4v) is 2.90. The molecular formula is C14H27ClN2O. The molecule has 106 valence electrons. The number of carbonyl (C=O) groups excluding carboxylic acids is 1. The van der Waals surface area contributed by atoms with E-state index in [9.17, 15) is 4.79 Å². The molecule has 2 rings (SSSR count). The fraction of sp³-hybridized carbons (Fsp3) is 0.929. The highest BCUT2D eigenvalue weighted by molar-refractivity contribution is 5.85. The van der Waals surface area contributed by atoms with E-state index in [2.05, 4.69) is 24.1 Å². The third kappa shape index (κ3) is 3.61. The van der Waals surface area contributed by atoms with Crippen LogP contribution in [-0.2, 0) is 4.79 Å². The molecule has 2 aliphatic rings. The van der Waals surface area contributed by atoms with Crippen molar-refractivity contribution in [3.63, 3.8) is 0 Å². The van der Waals surface area contributed by atoms with E-state index >= 15 is 0 Å². The van der Waals surface area contributed by atoms with E-state index in [1.807, 2.05) is 0 Å². The summed E-state index contributed by atoms with van der Waals surface area (Å²) in [6, 6.07) is 0.106. The summed E-state index contributed by atoms with van der Waals surface area (Å²) in [6.07, 6.45) is 7.02. The quantitative estimate of drug-likeness (QED) is 0.839. The zero-order valence-corrected chi connectivity index (χ0v) is 12.5. The Kier molecular flexibility index (Phi) is 5.93. The maximum atomic E-state index is 12.3. The molecule has 0 aromatic heterocycles. The Labute approximate surface area is 117 Å². The van der Waals surface area contributed by atoms with Gasteiger partial charge in [0, 0.05) is 13.1 Å². The summed E-state index contributed by atoms with van der Waals surface area (Å²) >= 11 is 0. The first-order valence-electron chi connectivity index (χ1n) is 7.17. The van der Waals surface area contributed by atoms with E-state index in [0.29, 0.717) is 11.3 Å². The number of likely N-dealkylation sites (tertiary alicyclic amines) is 1. The van der Waals surface area contributed by atoms with E-state index in [1.165, 1.54) is 32.1 Å². The van der Waals surface area contributed by atoms with Gasteiger partial charge in [0.15, 0.2) is 0 Å². The van der Waals surface area contributed by atoms with Crippen LogP contribution in [0.25, 0.3) is 0 Å². The minimum atomic E-state index is 0. The van der Waals surface area contributed by atoms with Crippen molar-refractivity contribution in [1.29, 1.82) is 0 Å². The fourth-order valence-electron chi connectivity index (χ4n) is 2.90. The molecule has 0 unspecified atom stereocenters. The molecule has 2 saturated heterocycles. The van der Waals surface area contributed by atoms with Crippen molar-refractivity contribution in [3.05, 3.63) is 0 Å². The number of piperidine rings is 2.